The second-order valence-electron chi connectivity index (χ2n) is 6.17. The standard InChI is InChI=1S/C18H24N4O2/c1-14(17-8-9-19-21(17)2)20-15-12-18(23)22(13-15)10-11-24-16-6-4-3-5-7-16/h3-9,14-15,20H,10-13H2,1-2H3/t14-,15-/m0/s1. The maximum atomic E-state index is 12.2. The number of carbonyl (C=O) groups excluding carboxylic acids is 1. The highest BCUT2D eigenvalue weighted by molar-refractivity contribution is 5.79. The highest BCUT2D eigenvalue weighted by Crippen LogP contribution is 2.17. The van der Waals surface area contributed by atoms with Gasteiger partial charge >= 0.3 is 0 Å². The van der Waals surface area contributed by atoms with E-state index < -0.39 is 0 Å². The summed E-state index contributed by atoms with van der Waals surface area (Å²) in [6.07, 6.45) is 2.33. The van der Waals surface area contributed by atoms with Crippen molar-refractivity contribution in [1.29, 1.82) is 0 Å². The molecule has 1 aliphatic rings. The van der Waals surface area contributed by atoms with E-state index in [0.29, 0.717) is 19.6 Å². The Hall–Kier alpha value is -2.34. The third-order valence-electron chi connectivity index (χ3n) is 4.38. The zero-order chi connectivity index (χ0) is 16.9. The summed E-state index contributed by atoms with van der Waals surface area (Å²) < 4.78 is 7.54. The topological polar surface area (TPSA) is 59.4 Å². The van der Waals surface area contributed by atoms with Crippen LogP contribution < -0.4 is 10.1 Å². The molecule has 1 fully saturated rings. The highest BCUT2D eigenvalue weighted by atomic mass is 16.5. The second-order valence-corrected chi connectivity index (χ2v) is 6.17. The van der Waals surface area contributed by atoms with Crippen molar-refractivity contribution >= 4 is 5.91 Å². The number of carbonyl (C=O) groups is 1. The van der Waals surface area contributed by atoms with Gasteiger partial charge in [-0.3, -0.25) is 9.48 Å². The minimum Gasteiger partial charge on any atom is -0.492 e. The summed E-state index contributed by atoms with van der Waals surface area (Å²) in [4.78, 5) is 14.0. The van der Waals surface area contributed by atoms with Crippen molar-refractivity contribution in [2.24, 2.45) is 7.05 Å². The summed E-state index contributed by atoms with van der Waals surface area (Å²) >= 11 is 0. The van der Waals surface area contributed by atoms with Crippen LogP contribution >= 0.6 is 0 Å². The van der Waals surface area contributed by atoms with E-state index in [0.717, 1.165) is 18.0 Å². The monoisotopic (exact) mass is 328 g/mol. The lowest BCUT2D eigenvalue weighted by Crippen LogP contribution is -2.36. The number of nitrogens with zero attached hydrogens (tertiary/aromatic N) is 3. The molecule has 1 aromatic carbocycles. The number of rotatable bonds is 7. The van der Waals surface area contributed by atoms with Crippen molar-refractivity contribution < 1.29 is 9.53 Å². The molecule has 0 spiro atoms. The van der Waals surface area contributed by atoms with Gasteiger partial charge in [0.25, 0.3) is 0 Å². The van der Waals surface area contributed by atoms with Crippen molar-refractivity contribution in [2.45, 2.75) is 25.4 Å². The predicted octanol–water partition coefficient (Wildman–Crippen LogP) is 1.75. The van der Waals surface area contributed by atoms with Gasteiger partial charge in [0, 0.05) is 38.3 Å². The predicted molar refractivity (Wildman–Crippen MR) is 91.7 cm³/mol. The summed E-state index contributed by atoms with van der Waals surface area (Å²) in [6.45, 7) is 3.95. The average molecular weight is 328 g/mol. The number of hydrogen-bond acceptors (Lipinski definition) is 4. The number of aryl methyl sites for hydroxylation is 1. The summed E-state index contributed by atoms with van der Waals surface area (Å²) in [7, 11) is 1.93. The molecule has 6 nitrogen and oxygen atoms in total. The molecule has 2 aromatic rings. The van der Waals surface area contributed by atoms with Crippen molar-refractivity contribution in [3.05, 3.63) is 48.3 Å². The number of likely N-dealkylation sites (tertiary alicyclic amines) is 1. The maximum absolute atomic E-state index is 12.2. The molecule has 128 valence electrons. The van der Waals surface area contributed by atoms with Crippen LogP contribution in [-0.4, -0.2) is 46.3 Å². The van der Waals surface area contributed by atoms with Gasteiger partial charge in [-0.15, -0.1) is 0 Å². The fraction of sp³-hybridized carbons (Fsp3) is 0.444. The molecule has 3 rings (SSSR count). The van der Waals surface area contributed by atoms with Crippen LogP contribution in [0.5, 0.6) is 5.75 Å². The second kappa shape index (κ2) is 7.49. The molecule has 0 unspecified atom stereocenters. The van der Waals surface area contributed by atoms with Gasteiger partial charge < -0.3 is 15.0 Å². The van der Waals surface area contributed by atoms with Crippen LogP contribution in [0.1, 0.15) is 25.1 Å². The fourth-order valence-corrected chi connectivity index (χ4v) is 3.14. The van der Waals surface area contributed by atoms with E-state index in [-0.39, 0.29) is 18.0 Å². The molecule has 1 N–H and O–H groups in total. The Labute approximate surface area is 142 Å². The summed E-state index contributed by atoms with van der Waals surface area (Å²) in [5.74, 6) is 1.02. The van der Waals surface area contributed by atoms with Gasteiger partial charge in [-0.25, -0.2) is 0 Å². The van der Waals surface area contributed by atoms with Crippen LogP contribution in [0.4, 0.5) is 0 Å². The number of benzene rings is 1. The first-order chi connectivity index (χ1) is 11.6. The molecular weight excluding hydrogens is 304 g/mol. The normalized spacial score (nSPS) is 18.8. The van der Waals surface area contributed by atoms with Crippen LogP contribution in [0, 0.1) is 0 Å². The molecule has 2 atom stereocenters. The Balaban J connectivity index is 1.46. The van der Waals surface area contributed by atoms with Crippen LogP contribution in [0.3, 0.4) is 0 Å². The zero-order valence-electron chi connectivity index (χ0n) is 14.2. The smallest absolute Gasteiger partial charge is 0.224 e. The largest absolute Gasteiger partial charge is 0.492 e. The first-order valence-electron chi connectivity index (χ1n) is 8.33. The van der Waals surface area contributed by atoms with Gasteiger partial charge in [0.1, 0.15) is 12.4 Å². The van der Waals surface area contributed by atoms with Gasteiger partial charge in [-0.1, -0.05) is 18.2 Å². The SMILES string of the molecule is C[C@H](N[C@H]1CC(=O)N(CCOc2ccccc2)C1)c1ccnn1C. The Bertz CT molecular complexity index is 671. The lowest BCUT2D eigenvalue weighted by atomic mass is 10.2. The van der Waals surface area contributed by atoms with Gasteiger partial charge in [-0.2, -0.15) is 5.10 Å². The quantitative estimate of drug-likeness (QED) is 0.841. The van der Waals surface area contributed by atoms with E-state index >= 15 is 0 Å². The van der Waals surface area contributed by atoms with Crippen LogP contribution in [0.15, 0.2) is 42.6 Å². The molecule has 0 radical (unpaired) electrons. The summed E-state index contributed by atoms with van der Waals surface area (Å²) in [5.41, 5.74) is 1.12. The Morgan fingerprint density at radius 3 is 2.83 bits per heavy atom. The molecule has 0 bridgehead atoms. The van der Waals surface area contributed by atoms with E-state index in [9.17, 15) is 4.79 Å². The van der Waals surface area contributed by atoms with Gasteiger partial charge in [0.15, 0.2) is 0 Å². The first kappa shape index (κ1) is 16.5. The van der Waals surface area contributed by atoms with Crippen LogP contribution in [-0.2, 0) is 11.8 Å². The van der Waals surface area contributed by atoms with Crippen molar-refractivity contribution in [1.82, 2.24) is 20.0 Å². The number of nitrogens with one attached hydrogen (secondary N) is 1. The van der Waals surface area contributed by atoms with Crippen LogP contribution in [0.2, 0.25) is 0 Å². The molecule has 0 aliphatic carbocycles. The third-order valence-corrected chi connectivity index (χ3v) is 4.38. The number of ether oxygens (including phenoxy) is 1. The number of amides is 1. The lowest BCUT2D eigenvalue weighted by molar-refractivity contribution is -0.128. The molecular formula is C18H24N4O2. The third kappa shape index (κ3) is 3.94. The zero-order valence-corrected chi connectivity index (χ0v) is 14.2. The Morgan fingerprint density at radius 2 is 2.12 bits per heavy atom. The molecule has 1 saturated heterocycles. The van der Waals surface area contributed by atoms with E-state index in [2.05, 4.69) is 17.3 Å². The van der Waals surface area contributed by atoms with E-state index in [1.54, 1.807) is 6.20 Å². The van der Waals surface area contributed by atoms with Gasteiger partial charge in [0.05, 0.1) is 12.2 Å². The van der Waals surface area contributed by atoms with E-state index in [1.165, 1.54) is 0 Å². The molecule has 1 aliphatic heterocycles. The van der Waals surface area contributed by atoms with Crippen molar-refractivity contribution in [2.75, 3.05) is 19.7 Å². The Kier molecular flexibility index (Phi) is 5.15. The average Bonchev–Trinajstić information content (AvgIpc) is 3.14. The molecule has 0 saturated carbocycles. The number of hydrogen-bond donors (Lipinski definition) is 1. The van der Waals surface area contributed by atoms with Crippen LogP contribution in [0.25, 0.3) is 0 Å². The molecule has 1 aromatic heterocycles. The molecule has 6 heteroatoms. The Morgan fingerprint density at radius 1 is 1.33 bits per heavy atom. The summed E-state index contributed by atoms with van der Waals surface area (Å²) in [6, 6.07) is 12.0. The van der Waals surface area contributed by atoms with E-state index in [1.807, 2.05) is 53.0 Å². The van der Waals surface area contributed by atoms with Crippen molar-refractivity contribution in [3.8, 4) is 5.75 Å². The van der Waals surface area contributed by atoms with E-state index in [4.69, 9.17) is 4.74 Å². The number of para-hydroxylation sites is 1. The first-order valence-corrected chi connectivity index (χ1v) is 8.33. The minimum absolute atomic E-state index is 0.163. The van der Waals surface area contributed by atoms with Gasteiger partial charge in [-0.05, 0) is 25.1 Å². The highest BCUT2D eigenvalue weighted by Gasteiger charge is 2.30. The minimum atomic E-state index is 0.163. The summed E-state index contributed by atoms with van der Waals surface area (Å²) in [5, 5.41) is 7.72. The molecule has 2 heterocycles. The lowest BCUT2D eigenvalue weighted by Gasteiger charge is -2.20. The maximum Gasteiger partial charge on any atom is 0.224 e. The van der Waals surface area contributed by atoms with Crippen molar-refractivity contribution in [3.63, 3.8) is 0 Å². The fourth-order valence-electron chi connectivity index (χ4n) is 3.14. The van der Waals surface area contributed by atoms with Gasteiger partial charge in [0.2, 0.25) is 5.91 Å². The molecule has 24 heavy (non-hydrogen) atoms. The molecule has 1 amide bonds. The number of aromatic nitrogens is 2.